The van der Waals surface area contributed by atoms with Gasteiger partial charge in [-0.1, -0.05) is 12.1 Å². The Balaban J connectivity index is 3.03. The zero-order valence-corrected chi connectivity index (χ0v) is 7.47. The molecule has 0 unspecified atom stereocenters. The Hall–Kier alpha value is -1.52. The second-order valence-electron chi connectivity index (χ2n) is 2.57. The fraction of sp³-hybridized carbons (Fsp3) is 0.222. The highest BCUT2D eigenvalue weighted by Gasteiger charge is 2.32. The van der Waals surface area contributed by atoms with Crippen LogP contribution in [0.1, 0.15) is 5.56 Å². The van der Waals surface area contributed by atoms with E-state index < -0.39 is 11.7 Å². The number of hydrogen-bond donors (Lipinski definition) is 1. The lowest BCUT2D eigenvalue weighted by molar-refractivity contribution is -0.136. The Morgan fingerprint density at radius 2 is 1.93 bits per heavy atom. The Morgan fingerprint density at radius 1 is 1.29 bits per heavy atom. The van der Waals surface area contributed by atoms with Crippen LogP contribution in [0.2, 0.25) is 0 Å². The topological polar surface area (TPSA) is 24.4 Å². The fourth-order valence-electron chi connectivity index (χ4n) is 0.990. The van der Waals surface area contributed by atoms with Crippen LogP contribution in [-0.2, 0) is 6.18 Å². The van der Waals surface area contributed by atoms with E-state index in [0.717, 1.165) is 6.07 Å². The maximum atomic E-state index is 12.4. The molecule has 0 saturated heterocycles. The lowest BCUT2D eigenvalue weighted by Crippen LogP contribution is -2.09. The summed E-state index contributed by atoms with van der Waals surface area (Å²) in [5, 5.41) is 2.46. The van der Waals surface area contributed by atoms with Crippen molar-refractivity contribution in [3.63, 3.8) is 0 Å². The minimum absolute atomic E-state index is 0.00519. The highest BCUT2D eigenvalue weighted by molar-refractivity contribution is 5.77. The number of alkyl halides is 3. The summed E-state index contributed by atoms with van der Waals surface area (Å²) in [5.41, 5.74) is -0.689. The highest BCUT2D eigenvalue weighted by Crippen LogP contribution is 2.34. The van der Waals surface area contributed by atoms with Crippen LogP contribution in [0.4, 0.5) is 18.9 Å². The number of anilines is 1. The van der Waals surface area contributed by atoms with Gasteiger partial charge in [-0.25, -0.2) is 0 Å². The van der Waals surface area contributed by atoms with Crippen molar-refractivity contribution in [2.24, 2.45) is 4.99 Å². The molecule has 1 aromatic carbocycles. The number of aliphatic imine (C=N–C) groups is 1. The minimum atomic E-state index is -4.34. The predicted molar refractivity (Wildman–Crippen MR) is 49.5 cm³/mol. The van der Waals surface area contributed by atoms with Gasteiger partial charge in [-0.05, 0) is 12.1 Å². The van der Waals surface area contributed by atoms with Crippen LogP contribution in [-0.4, -0.2) is 13.4 Å². The molecule has 0 heterocycles. The van der Waals surface area contributed by atoms with Crippen molar-refractivity contribution in [1.82, 2.24) is 0 Å². The van der Waals surface area contributed by atoms with Crippen molar-refractivity contribution in [3.8, 4) is 0 Å². The van der Waals surface area contributed by atoms with E-state index in [2.05, 4.69) is 10.3 Å². The first-order valence-corrected chi connectivity index (χ1v) is 3.89. The van der Waals surface area contributed by atoms with Crippen molar-refractivity contribution in [1.29, 1.82) is 0 Å². The highest BCUT2D eigenvalue weighted by atomic mass is 19.4. The third-order valence-electron chi connectivity index (χ3n) is 1.58. The summed E-state index contributed by atoms with van der Waals surface area (Å²) in [5.74, 6) is 0. The summed E-state index contributed by atoms with van der Waals surface area (Å²) in [4.78, 5) is 3.55. The van der Waals surface area contributed by atoms with Crippen LogP contribution in [0.15, 0.2) is 29.3 Å². The summed E-state index contributed by atoms with van der Waals surface area (Å²) in [7, 11) is 1.48. The van der Waals surface area contributed by atoms with Gasteiger partial charge in [0.05, 0.1) is 17.6 Å². The Kier molecular flexibility index (Phi) is 3.11. The Labute approximate surface area is 79.5 Å². The molecule has 0 bridgehead atoms. The van der Waals surface area contributed by atoms with Gasteiger partial charge in [0.15, 0.2) is 0 Å². The van der Waals surface area contributed by atoms with E-state index in [1.807, 2.05) is 0 Å². The normalized spacial score (nSPS) is 12.0. The van der Waals surface area contributed by atoms with Gasteiger partial charge in [-0.3, -0.25) is 4.99 Å². The first kappa shape index (κ1) is 10.6. The standard InChI is InChI=1S/C9H9F3N2/c1-13-6-14-8-5-3-2-4-7(8)9(10,11)12/h2-6H,1H3,(H,13,14). The summed E-state index contributed by atoms with van der Waals surface area (Å²) in [6.07, 6.45) is -3.13. The molecule has 0 aliphatic heterocycles. The molecule has 0 fully saturated rings. The summed E-state index contributed by atoms with van der Waals surface area (Å²) in [6.45, 7) is 0. The average Bonchev–Trinajstić information content (AvgIpc) is 2.14. The first-order chi connectivity index (χ1) is 6.55. The van der Waals surface area contributed by atoms with Crippen molar-refractivity contribution < 1.29 is 13.2 Å². The van der Waals surface area contributed by atoms with Gasteiger partial charge in [-0.2, -0.15) is 13.2 Å². The molecule has 76 valence electrons. The number of rotatable bonds is 2. The van der Waals surface area contributed by atoms with Crippen molar-refractivity contribution >= 4 is 12.0 Å². The van der Waals surface area contributed by atoms with Gasteiger partial charge in [-0.15, -0.1) is 0 Å². The average molecular weight is 202 g/mol. The monoisotopic (exact) mass is 202 g/mol. The quantitative estimate of drug-likeness (QED) is 0.578. The van der Waals surface area contributed by atoms with Crippen LogP contribution in [0.25, 0.3) is 0 Å². The van der Waals surface area contributed by atoms with E-state index in [1.54, 1.807) is 0 Å². The molecule has 1 aromatic rings. The zero-order chi connectivity index (χ0) is 10.6. The number of para-hydroxylation sites is 1. The van der Waals surface area contributed by atoms with E-state index in [9.17, 15) is 13.2 Å². The van der Waals surface area contributed by atoms with Gasteiger partial charge in [0.25, 0.3) is 0 Å². The van der Waals surface area contributed by atoms with Crippen LogP contribution in [0, 0.1) is 0 Å². The largest absolute Gasteiger partial charge is 0.418 e. The summed E-state index contributed by atoms with van der Waals surface area (Å²) < 4.78 is 37.2. The molecule has 0 amide bonds. The molecule has 1 rings (SSSR count). The van der Waals surface area contributed by atoms with Crippen LogP contribution >= 0.6 is 0 Å². The predicted octanol–water partition coefficient (Wildman–Crippen LogP) is 2.78. The van der Waals surface area contributed by atoms with Gasteiger partial charge in [0.2, 0.25) is 0 Å². The van der Waals surface area contributed by atoms with E-state index in [4.69, 9.17) is 0 Å². The molecule has 0 aliphatic carbocycles. The molecule has 0 saturated carbocycles. The summed E-state index contributed by atoms with van der Waals surface area (Å²) >= 11 is 0. The van der Waals surface area contributed by atoms with Crippen molar-refractivity contribution in [2.75, 3.05) is 12.4 Å². The SMILES string of the molecule is CN=CNc1ccccc1C(F)(F)F. The van der Waals surface area contributed by atoms with E-state index in [-0.39, 0.29) is 5.69 Å². The second kappa shape index (κ2) is 4.13. The lowest BCUT2D eigenvalue weighted by Gasteiger charge is -2.11. The van der Waals surface area contributed by atoms with Crippen LogP contribution in [0.5, 0.6) is 0 Å². The minimum Gasteiger partial charge on any atom is -0.346 e. The van der Waals surface area contributed by atoms with E-state index >= 15 is 0 Å². The number of halogens is 3. The Bertz CT molecular complexity index is 331. The zero-order valence-electron chi connectivity index (χ0n) is 7.47. The maximum Gasteiger partial charge on any atom is 0.418 e. The first-order valence-electron chi connectivity index (χ1n) is 3.89. The summed E-state index contributed by atoms with van der Waals surface area (Å²) in [6, 6.07) is 5.24. The molecule has 1 N–H and O–H groups in total. The molecule has 0 atom stereocenters. The number of hydrogen-bond acceptors (Lipinski definition) is 1. The van der Waals surface area contributed by atoms with E-state index in [1.165, 1.54) is 31.6 Å². The molecule has 2 nitrogen and oxygen atoms in total. The number of benzene rings is 1. The molecule has 0 radical (unpaired) electrons. The van der Waals surface area contributed by atoms with Gasteiger partial charge < -0.3 is 5.32 Å². The lowest BCUT2D eigenvalue weighted by atomic mass is 10.2. The molecule has 0 spiro atoms. The van der Waals surface area contributed by atoms with Crippen molar-refractivity contribution in [3.05, 3.63) is 29.8 Å². The van der Waals surface area contributed by atoms with Gasteiger partial charge in [0.1, 0.15) is 0 Å². The third-order valence-corrected chi connectivity index (χ3v) is 1.58. The van der Waals surface area contributed by atoms with Gasteiger partial charge >= 0.3 is 6.18 Å². The molecular formula is C9H9F3N2. The fourth-order valence-corrected chi connectivity index (χ4v) is 0.990. The molecule has 0 aromatic heterocycles. The molecule has 5 heteroatoms. The number of nitrogens with zero attached hydrogens (tertiary/aromatic N) is 1. The van der Waals surface area contributed by atoms with Crippen LogP contribution < -0.4 is 5.32 Å². The molecule has 0 aliphatic rings. The second-order valence-corrected chi connectivity index (χ2v) is 2.57. The maximum absolute atomic E-state index is 12.4. The molecule has 14 heavy (non-hydrogen) atoms. The Morgan fingerprint density at radius 3 is 2.50 bits per heavy atom. The van der Waals surface area contributed by atoms with Gasteiger partial charge in [0, 0.05) is 7.05 Å². The smallest absolute Gasteiger partial charge is 0.346 e. The van der Waals surface area contributed by atoms with Crippen LogP contribution in [0.3, 0.4) is 0 Å². The van der Waals surface area contributed by atoms with E-state index in [0.29, 0.717) is 0 Å². The molecular weight excluding hydrogens is 193 g/mol. The number of nitrogens with one attached hydrogen (secondary N) is 1. The van der Waals surface area contributed by atoms with Crippen molar-refractivity contribution in [2.45, 2.75) is 6.18 Å². The third kappa shape index (κ3) is 2.48.